The van der Waals surface area contributed by atoms with Crippen molar-refractivity contribution in [2.45, 2.75) is 58.1 Å². The van der Waals surface area contributed by atoms with E-state index in [0.29, 0.717) is 12.1 Å². The Morgan fingerprint density at radius 2 is 2.00 bits per heavy atom. The van der Waals surface area contributed by atoms with Gasteiger partial charge in [-0.2, -0.15) is 0 Å². The van der Waals surface area contributed by atoms with Crippen molar-refractivity contribution in [1.82, 2.24) is 10.2 Å². The van der Waals surface area contributed by atoms with Crippen LogP contribution in [0.5, 0.6) is 0 Å². The Hall–Kier alpha value is -0.540. The summed E-state index contributed by atoms with van der Waals surface area (Å²) in [6.45, 7) is 13.0. The van der Waals surface area contributed by atoms with Crippen LogP contribution in [0, 0.1) is 5.92 Å². The first-order valence-electron chi connectivity index (χ1n) is 7.93. The second-order valence-corrected chi connectivity index (χ2v) is 6.33. The molecule has 2 fully saturated rings. The third kappa shape index (κ3) is 4.81. The van der Waals surface area contributed by atoms with Gasteiger partial charge in [-0.1, -0.05) is 13.5 Å². The molecule has 0 aromatic rings. The van der Waals surface area contributed by atoms with Gasteiger partial charge in [-0.05, 0) is 64.6 Å². The lowest BCUT2D eigenvalue weighted by Crippen LogP contribution is -2.45. The molecule has 0 bridgehead atoms. The Morgan fingerprint density at radius 1 is 1.32 bits per heavy atom. The number of piperidine rings is 1. The quantitative estimate of drug-likeness (QED) is 0.767. The number of rotatable bonds is 7. The molecule has 0 aromatic carbocycles. The molecule has 1 aliphatic carbocycles. The van der Waals surface area contributed by atoms with Crippen LogP contribution in [0.15, 0.2) is 12.3 Å². The maximum atomic E-state index is 6.04. The highest BCUT2D eigenvalue weighted by Crippen LogP contribution is 2.26. The fraction of sp³-hybridized carbons (Fsp3) is 0.875. The number of nitrogens with zero attached hydrogens (tertiary/aromatic N) is 1. The van der Waals surface area contributed by atoms with Crippen LogP contribution < -0.4 is 5.32 Å². The predicted octanol–water partition coefficient (Wildman–Crippen LogP) is 2.78. The molecule has 2 aliphatic rings. The summed E-state index contributed by atoms with van der Waals surface area (Å²) < 4.78 is 6.04. The van der Waals surface area contributed by atoms with Gasteiger partial charge in [0, 0.05) is 18.3 Å². The monoisotopic (exact) mass is 266 g/mol. The van der Waals surface area contributed by atoms with E-state index in [-0.39, 0.29) is 0 Å². The normalized spacial score (nSPS) is 28.9. The SMILES string of the molecule is C=C(C)N[C@H]1C[C@H](OCC2CCN(CCC)CC2)C1. The lowest BCUT2D eigenvalue weighted by atomic mass is 9.88. The molecule has 1 N–H and O–H groups in total. The zero-order valence-electron chi connectivity index (χ0n) is 12.7. The minimum atomic E-state index is 0.491. The summed E-state index contributed by atoms with van der Waals surface area (Å²) in [5, 5.41) is 3.39. The summed E-state index contributed by atoms with van der Waals surface area (Å²) in [4.78, 5) is 2.59. The molecule has 0 amide bonds. The van der Waals surface area contributed by atoms with Gasteiger partial charge >= 0.3 is 0 Å². The van der Waals surface area contributed by atoms with E-state index in [0.717, 1.165) is 31.1 Å². The first-order valence-corrected chi connectivity index (χ1v) is 7.93. The Labute approximate surface area is 118 Å². The number of allylic oxidation sites excluding steroid dienone is 1. The number of likely N-dealkylation sites (tertiary alicyclic amines) is 1. The Kier molecular flexibility index (Phi) is 5.71. The van der Waals surface area contributed by atoms with Crippen molar-refractivity contribution in [3.63, 3.8) is 0 Å². The summed E-state index contributed by atoms with van der Waals surface area (Å²) in [6, 6.07) is 0.605. The van der Waals surface area contributed by atoms with Crippen molar-refractivity contribution in [2.24, 2.45) is 5.92 Å². The molecular weight excluding hydrogens is 236 g/mol. The third-order valence-electron chi connectivity index (χ3n) is 4.36. The summed E-state index contributed by atoms with van der Waals surface area (Å²) in [5.41, 5.74) is 1.08. The maximum absolute atomic E-state index is 6.04. The second kappa shape index (κ2) is 7.30. The van der Waals surface area contributed by atoms with Crippen LogP contribution in [0.25, 0.3) is 0 Å². The highest BCUT2D eigenvalue weighted by molar-refractivity contribution is 4.95. The van der Waals surface area contributed by atoms with E-state index in [4.69, 9.17) is 4.74 Å². The highest BCUT2D eigenvalue weighted by atomic mass is 16.5. The molecule has 110 valence electrons. The molecule has 3 nitrogen and oxygen atoms in total. The number of hydrogen-bond donors (Lipinski definition) is 1. The van der Waals surface area contributed by atoms with Crippen LogP contribution in [0.1, 0.15) is 46.0 Å². The van der Waals surface area contributed by atoms with Gasteiger partial charge in [-0.3, -0.25) is 0 Å². The van der Waals surface area contributed by atoms with Gasteiger partial charge in [0.1, 0.15) is 0 Å². The Balaban J connectivity index is 1.52. The number of nitrogens with one attached hydrogen (secondary N) is 1. The van der Waals surface area contributed by atoms with Crippen molar-refractivity contribution in [1.29, 1.82) is 0 Å². The molecule has 1 aliphatic heterocycles. The van der Waals surface area contributed by atoms with Crippen LogP contribution in [0.2, 0.25) is 0 Å². The van der Waals surface area contributed by atoms with Crippen LogP contribution in [-0.4, -0.2) is 43.3 Å². The largest absolute Gasteiger partial charge is 0.386 e. The zero-order valence-corrected chi connectivity index (χ0v) is 12.7. The molecule has 3 heteroatoms. The van der Waals surface area contributed by atoms with E-state index in [1.165, 1.54) is 38.9 Å². The van der Waals surface area contributed by atoms with E-state index in [2.05, 4.69) is 23.7 Å². The lowest BCUT2D eigenvalue weighted by Gasteiger charge is -2.38. The van der Waals surface area contributed by atoms with Crippen molar-refractivity contribution < 1.29 is 4.74 Å². The van der Waals surface area contributed by atoms with Gasteiger partial charge < -0.3 is 15.0 Å². The maximum Gasteiger partial charge on any atom is 0.0614 e. The van der Waals surface area contributed by atoms with Gasteiger partial charge in [0.05, 0.1) is 6.10 Å². The molecule has 19 heavy (non-hydrogen) atoms. The number of ether oxygens (including phenoxy) is 1. The summed E-state index contributed by atoms with van der Waals surface area (Å²) in [7, 11) is 0. The highest BCUT2D eigenvalue weighted by Gasteiger charge is 2.30. The summed E-state index contributed by atoms with van der Waals surface area (Å²) in [6.07, 6.45) is 6.72. The van der Waals surface area contributed by atoms with Crippen molar-refractivity contribution >= 4 is 0 Å². The standard InChI is InChI=1S/C16H30N2O/c1-4-7-18-8-5-14(6-9-18)12-19-16-10-15(11-16)17-13(2)3/h14-17H,2,4-12H2,1,3H3/t15-,16-. The Morgan fingerprint density at radius 3 is 2.58 bits per heavy atom. The van der Waals surface area contributed by atoms with E-state index in [1.807, 2.05) is 6.92 Å². The molecule has 1 saturated carbocycles. The van der Waals surface area contributed by atoms with Crippen LogP contribution in [0.3, 0.4) is 0 Å². The van der Waals surface area contributed by atoms with Crippen LogP contribution in [-0.2, 0) is 4.74 Å². The van der Waals surface area contributed by atoms with E-state index < -0.39 is 0 Å². The fourth-order valence-corrected chi connectivity index (χ4v) is 3.13. The van der Waals surface area contributed by atoms with Gasteiger partial charge in [0.2, 0.25) is 0 Å². The van der Waals surface area contributed by atoms with Gasteiger partial charge in [0.15, 0.2) is 0 Å². The minimum absolute atomic E-state index is 0.491. The van der Waals surface area contributed by atoms with Crippen LogP contribution in [0.4, 0.5) is 0 Å². The summed E-state index contributed by atoms with van der Waals surface area (Å²) >= 11 is 0. The lowest BCUT2D eigenvalue weighted by molar-refractivity contribution is -0.0387. The topological polar surface area (TPSA) is 24.5 Å². The molecular formula is C16H30N2O. The molecule has 1 saturated heterocycles. The molecule has 1 heterocycles. The molecule has 0 atom stereocenters. The first kappa shape index (κ1) is 14.9. The second-order valence-electron chi connectivity index (χ2n) is 6.33. The van der Waals surface area contributed by atoms with E-state index in [9.17, 15) is 0 Å². The third-order valence-corrected chi connectivity index (χ3v) is 4.36. The fourth-order valence-electron chi connectivity index (χ4n) is 3.13. The van der Waals surface area contributed by atoms with Gasteiger partial charge in [0.25, 0.3) is 0 Å². The predicted molar refractivity (Wildman–Crippen MR) is 80.2 cm³/mol. The smallest absolute Gasteiger partial charge is 0.0614 e. The average Bonchev–Trinajstić information content (AvgIpc) is 2.34. The minimum Gasteiger partial charge on any atom is -0.386 e. The van der Waals surface area contributed by atoms with Gasteiger partial charge in [-0.15, -0.1) is 0 Å². The molecule has 0 aromatic heterocycles. The van der Waals surface area contributed by atoms with Crippen molar-refractivity contribution in [3.05, 3.63) is 12.3 Å². The summed E-state index contributed by atoms with van der Waals surface area (Å²) in [5.74, 6) is 0.793. The molecule has 0 unspecified atom stereocenters. The van der Waals surface area contributed by atoms with Crippen molar-refractivity contribution in [2.75, 3.05) is 26.2 Å². The average molecular weight is 266 g/mol. The van der Waals surface area contributed by atoms with E-state index >= 15 is 0 Å². The molecule has 2 rings (SSSR count). The molecule has 0 radical (unpaired) electrons. The van der Waals surface area contributed by atoms with Crippen LogP contribution >= 0.6 is 0 Å². The zero-order chi connectivity index (χ0) is 13.7. The Bertz CT molecular complexity index is 278. The molecule has 0 spiro atoms. The van der Waals surface area contributed by atoms with Gasteiger partial charge in [-0.25, -0.2) is 0 Å². The number of hydrogen-bond acceptors (Lipinski definition) is 3. The van der Waals surface area contributed by atoms with E-state index in [1.54, 1.807) is 0 Å². The van der Waals surface area contributed by atoms with Crippen molar-refractivity contribution in [3.8, 4) is 0 Å². The first-order chi connectivity index (χ1) is 9.17.